The number of hydrogen-bond donors (Lipinski definition) is 2. The van der Waals surface area contributed by atoms with Crippen LogP contribution in [0.4, 0.5) is 0 Å². The van der Waals surface area contributed by atoms with Gasteiger partial charge in [-0.15, -0.1) is 11.3 Å². The second-order valence-electron chi connectivity index (χ2n) is 3.47. The molecule has 1 aromatic heterocycles. The third-order valence-corrected chi connectivity index (χ3v) is 4.95. The molecule has 1 aromatic rings. The average Bonchev–Trinajstić information content (AvgIpc) is 2.44. The molecular weight excluding hydrogens is 286 g/mol. The molecule has 1 aliphatic carbocycles. The van der Waals surface area contributed by atoms with Crippen LogP contribution in [0.1, 0.15) is 17.7 Å². The Balaban J connectivity index is 1.85. The lowest BCUT2D eigenvalue weighted by Crippen LogP contribution is -2.47. The Morgan fingerprint density at radius 1 is 1.64 bits per heavy atom. The minimum absolute atomic E-state index is 0.158. The summed E-state index contributed by atoms with van der Waals surface area (Å²) in [5.41, 5.74) is 0. The first-order valence-electron chi connectivity index (χ1n) is 4.52. The number of aliphatic hydroxyl groups is 1. The van der Waals surface area contributed by atoms with E-state index in [9.17, 15) is 5.11 Å². The third-order valence-electron chi connectivity index (χ3n) is 2.47. The van der Waals surface area contributed by atoms with E-state index in [-0.39, 0.29) is 12.1 Å². The van der Waals surface area contributed by atoms with Gasteiger partial charge in [-0.3, -0.25) is 0 Å². The van der Waals surface area contributed by atoms with Crippen molar-refractivity contribution in [1.29, 1.82) is 0 Å². The maximum Gasteiger partial charge on any atom is 0.107 e. The molecule has 2 nitrogen and oxygen atoms in total. The summed E-state index contributed by atoms with van der Waals surface area (Å²) in [6.07, 6.45) is 1.84. The van der Waals surface area contributed by atoms with Gasteiger partial charge >= 0.3 is 0 Å². The van der Waals surface area contributed by atoms with E-state index >= 15 is 0 Å². The second-order valence-corrected chi connectivity index (χ2v) is 6.06. The molecule has 1 aliphatic rings. The molecule has 1 fully saturated rings. The SMILES string of the molecule is O[C@@H]1CC[C@H]1NCc1cc(Br)c(Cl)s1. The van der Waals surface area contributed by atoms with E-state index in [1.165, 1.54) is 4.88 Å². The third kappa shape index (κ3) is 2.31. The summed E-state index contributed by atoms with van der Waals surface area (Å²) in [7, 11) is 0. The van der Waals surface area contributed by atoms with Gasteiger partial charge in [0.2, 0.25) is 0 Å². The van der Waals surface area contributed by atoms with Crippen LogP contribution >= 0.6 is 38.9 Å². The van der Waals surface area contributed by atoms with Crippen molar-refractivity contribution in [2.75, 3.05) is 0 Å². The minimum atomic E-state index is -0.158. The first-order valence-corrected chi connectivity index (χ1v) is 6.50. The largest absolute Gasteiger partial charge is 0.392 e. The molecule has 1 heterocycles. The molecule has 0 saturated heterocycles. The van der Waals surface area contributed by atoms with E-state index < -0.39 is 0 Å². The van der Waals surface area contributed by atoms with Crippen LogP contribution in [0.15, 0.2) is 10.5 Å². The number of rotatable bonds is 3. The zero-order valence-corrected chi connectivity index (χ0v) is 10.6. The van der Waals surface area contributed by atoms with Crippen LogP contribution in [0, 0.1) is 0 Å². The zero-order valence-electron chi connectivity index (χ0n) is 7.46. The van der Waals surface area contributed by atoms with Crippen molar-refractivity contribution in [3.63, 3.8) is 0 Å². The van der Waals surface area contributed by atoms with E-state index in [1.807, 2.05) is 6.07 Å². The van der Waals surface area contributed by atoms with Gasteiger partial charge in [-0.05, 0) is 34.8 Å². The molecule has 5 heteroatoms. The fraction of sp³-hybridized carbons (Fsp3) is 0.556. The Morgan fingerprint density at radius 3 is 2.86 bits per heavy atom. The maximum absolute atomic E-state index is 9.35. The van der Waals surface area contributed by atoms with Crippen LogP contribution in [0.3, 0.4) is 0 Å². The van der Waals surface area contributed by atoms with Gasteiger partial charge in [0, 0.05) is 21.9 Å². The first-order chi connectivity index (χ1) is 6.66. The van der Waals surface area contributed by atoms with Crippen LogP contribution in [0.2, 0.25) is 4.34 Å². The van der Waals surface area contributed by atoms with Crippen molar-refractivity contribution in [2.45, 2.75) is 31.5 Å². The van der Waals surface area contributed by atoms with Crippen LogP contribution in [0.5, 0.6) is 0 Å². The molecule has 0 bridgehead atoms. The topological polar surface area (TPSA) is 32.3 Å². The van der Waals surface area contributed by atoms with E-state index in [2.05, 4.69) is 21.2 Å². The highest BCUT2D eigenvalue weighted by atomic mass is 79.9. The summed E-state index contributed by atoms with van der Waals surface area (Å²) in [6, 6.07) is 2.29. The Labute approximate surface area is 100 Å². The predicted octanol–water partition coefficient (Wildman–Crippen LogP) is 2.78. The summed E-state index contributed by atoms with van der Waals surface area (Å²) in [6.45, 7) is 0.789. The number of aliphatic hydroxyl groups excluding tert-OH is 1. The van der Waals surface area contributed by atoms with Gasteiger partial charge in [-0.2, -0.15) is 0 Å². The van der Waals surface area contributed by atoms with E-state index in [0.717, 1.165) is 28.2 Å². The van der Waals surface area contributed by atoms with Crippen LogP contribution in [-0.4, -0.2) is 17.3 Å². The van der Waals surface area contributed by atoms with Gasteiger partial charge in [0.25, 0.3) is 0 Å². The monoisotopic (exact) mass is 295 g/mol. The highest BCUT2D eigenvalue weighted by molar-refractivity contribution is 9.10. The van der Waals surface area contributed by atoms with Crippen molar-refractivity contribution in [2.24, 2.45) is 0 Å². The molecule has 0 aliphatic heterocycles. The molecule has 0 radical (unpaired) electrons. The van der Waals surface area contributed by atoms with Crippen molar-refractivity contribution in [1.82, 2.24) is 5.32 Å². The Bertz CT molecular complexity index is 311. The van der Waals surface area contributed by atoms with E-state index in [4.69, 9.17) is 11.6 Å². The van der Waals surface area contributed by atoms with Gasteiger partial charge in [0.15, 0.2) is 0 Å². The lowest BCUT2D eigenvalue weighted by atomic mass is 9.89. The normalized spacial score (nSPS) is 26.2. The molecule has 1 saturated carbocycles. The molecule has 0 amide bonds. The van der Waals surface area contributed by atoms with Gasteiger partial charge in [-0.1, -0.05) is 11.6 Å². The molecule has 0 unspecified atom stereocenters. The fourth-order valence-corrected chi connectivity index (χ4v) is 3.17. The number of hydrogen-bond acceptors (Lipinski definition) is 3. The second kappa shape index (κ2) is 4.49. The maximum atomic E-state index is 9.35. The first kappa shape index (κ1) is 10.9. The quantitative estimate of drug-likeness (QED) is 0.899. The lowest BCUT2D eigenvalue weighted by molar-refractivity contribution is 0.0494. The molecule has 2 N–H and O–H groups in total. The number of halogens is 2. The van der Waals surface area contributed by atoms with Gasteiger partial charge in [-0.25, -0.2) is 0 Å². The standard InChI is InChI=1S/C9H11BrClNOS/c10-6-3-5(14-9(6)11)4-12-7-1-2-8(7)13/h3,7-8,12-13H,1-2,4H2/t7-,8-/m1/s1. The highest BCUT2D eigenvalue weighted by Crippen LogP contribution is 2.32. The van der Waals surface area contributed by atoms with Gasteiger partial charge in [0.1, 0.15) is 4.34 Å². The smallest absolute Gasteiger partial charge is 0.107 e. The van der Waals surface area contributed by atoms with Crippen molar-refractivity contribution in [3.8, 4) is 0 Å². The molecule has 78 valence electrons. The van der Waals surface area contributed by atoms with Gasteiger partial charge < -0.3 is 10.4 Å². The van der Waals surface area contributed by atoms with Crippen LogP contribution < -0.4 is 5.32 Å². The molecule has 0 spiro atoms. The summed E-state index contributed by atoms with van der Waals surface area (Å²) < 4.78 is 1.74. The summed E-state index contributed by atoms with van der Waals surface area (Å²) >= 11 is 10.8. The Hall–Kier alpha value is 0.390. The van der Waals surface area contributed by atoms with Crippen LogP contribution in [0.25, 0.3) is 0 Å². The zero-order chi connectivity index (χ0) is 10.1. The molecule has 2 atom stereocenters. The molecule has 2 rings (SSSR count). The predicted molar refractivity (Wildman–Crippen MR) is 62.9 cm³/mol. The highest BCUT2D eigenvalue weighted by Gasteiger charge is 2.27. The van der Waals surface area contributed by atoms with E-state index in [0.29, 0.717) is 0 Å². The molecule has 0 aromatic carbocycles. The number of nitrogens with one attached hydrogen (secondary N) is 1. The average molecular weight is 297 g/mol. The molecular formula is C9H11BrClNOS. The summed E-state index contributed by atoms with van der Waals surface area (Å²) in [4.78, 5) is 1.20. The Morgan fingerprint density at radius 2 is 2.43 bits per heavy atom. The summed E-state index contributed by atoms with van der Waals surface area (Å²) in [5, 5.41) is 12.7. The van der Waals surface area contributed by atoms with E-state index in [1.54, 1.807) is 11.3 Å². The Kier molecular flexibility index (Phi) is 3.50. The van der Waals surface area contributed by atoms with Crippen LogP contribution in [-0.2, 0) is 6.54 Å². The van der Waals surface area contributed by atoms with Gasteiger partial charge in [0.05, 0.1) is 6.10 Å². The fourth-order valence-electron chi connectivity index (χ4n) is 1.43. The van der Waals surface area contributed by atoms with Crippen molar-refractivity contribution in [3.05, 3.63) is 19.8 Å². The lowest BCUT2D eigenvalue weighted by Gasteiger charge is -2.33. The number of thiophene rings is 1. The van der Waals surface area contributed by atoms with Crippen molar-refractivity contribution < 1.29 is 5.11 Å². The van der Waals surface area contributed by atoms with Crippen molar-refractivity contribution >= 4 is 38.9 Å². The molecule has 14 heavy (non-hydrogen) atoms. The summed E-state index contributed by atoms with van der Waals surface area (Å²) in [5.74, 6) is 0. The minimum Gasteiger partial charge on any atom is -0.392 e.